The number of ether oxygens (including phenoxy) is 2. The van der Waals surface area contributed by atoms with Gasteiger partial charge in [0.1, 0.15) is 5.69 Å². The lowest BCUT2D eigenvalue weighted by Crippen LogP contribution is -2.32. The minimum atomic E-state index is -0.755. The summed E-state index contributed by atoms with van der Waals surface area (Å²) in [7, 11) is 0. The molecular weight excluding hydrogens is 512 g/mol. The molecule has 4 rings (SSSR count). The zero-order valence-electron chi connectivity index (χ0n) is 23.0. The number of nitro groups is 1. The molecule has 0 unspecified atom stereocenters. The molecule has 40 heavy (non-hydrogen) atoms. The third-order valence-electron chi connectivity index (χ3n) is 6.68. The number of hydrogen-bond acceptors (Lipinski definition) is 9. The molecule has 0 bridgehead atoms. The van der Waals surface area contributed by atoms with Gasteiger partial charge in [-0.25, -0.2) is 4.79 Å². The first-order valence-corrected chi connectivity index (χ1v) is 13.7. The third kappa shape index (κ3) is 7.23. The molecule has 11 heteroatoms. The number of nitrogens with zero attached hydrogens (tertiary/aromatic N) is 5. The van der Waals surface area contributed by atoms with Crippen LogP contribution in [0.1, 0.15) is 50.7 Å². The summed E-state index contributed by atoms with van der Waals surface area (Å²) >= 11 is 0. The second-order valence-corrected chi connectivity index (χ2v) is 9.69. The third-order valence-corrected chi connectivity index (χ3v) is 6.68. The van der Waals surface area contributed by atoms with Gasteiger partial charge in [0.25, 0.3) is 0 Å². The molecule has 3 heterocycles. The van der Waals surface area contributed by atoms with Crippen molar-refractivity contribution in [2.24, 2.45) is 0 Å². The fourth-order valence-corrected chi connectivity index (χ4v) is 4.66. The van der Waals surface area contributed by atoms with Crippen molar-refractivity contribution in [1.29, 1.82) is 0 Å². The van der Waals surface area contributed by atoms with Crippen LogP contribution >= 0.6 is 0 Å². The minimum Gasteiger partial charge on any atom is -0.478 e. The Balaban J connectivity index is 1.60. The molecule has 0 spiro atoms. The number of aromatic nitrogens is 2. The first-order valence-electron chi connectivity index (χ1n) is 13.7. The molecular formula is C29H36N6O5. The summed E-state index contributed by atoms with van der Waals surface area (Å²) in [6.07, 6.45) is 5.06. The molecule has 11 nitrogen and oxygen atoms in total. The predicted molar refractivity (Wildman–Crippen MR) is 153 cm³/mol. The van der Waals surface area contributed by atoms with Crippen molar-refractivity contribution in [2.75, 3.05) is 36.9 Å². The highest BCUT2D eigenvalue weighted by molar-refractivity contribution is 5.92. The Labute approximate surface area is 234 Å². The van der Waals surface area contributed by atoms with Crippen LogP contribution < -0.4 is 15.4 Å². The number of benzene rings is 1. The number of carbonyl (C=O) groups is 1. The number of likely N-dealkylation sites (tertiary alicyclic amines) is 1. The molecule has 2 aromatic heterocycles. The molecule has 3 aromatic rings. The van der Waals surface area contributed by atoms with Crippen LogP contribution in [0.15, 0.2) is 48.7 Å². The largest absolute Gasteiger partial charge is 0.478 e. The van der Waals surface area contributed by atoms with Gasteiger partial charge in [0.15, 0.2) is 0 Å². The van der Waals surface area contributed by atoms with E-state index >= 15 is 0 Å². The van der Waals surface area contributed by atoms with Crippen LogP contribution in [0.5, 0.6) is 5.88 Å². The molecule has 0 aliphatic carbocycles. The van der Waals surface area contributed by atoms with E-state index in [0.29, 0.717) is 12.2 Å². The topological polar surface area (TPSA) is 137 Å². The normalized spacial score (nSPS) is 13.2. The van der Waals surface area contributed by atoms with E-state index in [4.69, 9.17) is 15.2 Å². The monoisotopic (exact) mass is 548 g/mol. The molecule has 1 amide bonds. The van der Waals surface area contributed by atoms with Crippen LogP contribution in [0, 0.1) is 10.1 Å². The van der Waals surface area contributed by atoms with Crippen molar-refractivity contribution in [3.05, 3.63) is 69.9 Å². The number of carbonyl (C=O) groups excluding carboxylic acids is 1. The van der Waals surface area contributed by atoms with Crippen molar-refractivity contribution in [1.82, 2.24) is 14.9 Å². The van der Waals surface area contributed by atoms with Crippen LogP contribution in [-0.2, 0) is 17.8 Å². The van der Waals surface area contributed by atoms with Gasteiger partial charge in [-0.15, -0.1) is 0 Å². The maximum Gasteiger partial charge on any atom is 0.414 e. The van der Waals surface area contributed by atoms with Crippen LogP contribution in [0.25, 0.3) is 11.3 Å². The van der Waals surface area contributed by atoms with Gasteiger partial charge >= 0.3 is 11.8 Å². The summed E-state index contributed by atoms with van der Waals surface area (Å²) in [5.74, 6) is -0.242. The van der Waals surface area contributed by atoms with Gasteiger partial charge in [0.2, 0.25) is 11.7 Å². The van der Waals surface area contributed by atoms with Crippen molar-refractivity contribution in [2.45, 2.75) is 52.6 Å². The van der Waals surface area contributed by atoms with Gasteiger partial charge in [-0.1, -0.05) is 37.6 Å². The smallest absolute Gasteiger partial charge is 0.414 e. The van der Waals surface area contributed by atoms with Gasteiger partial charge in [-0.2, -0.15) is 4.98 Å². The van der Waals surface area contributed by atoms with Crippen LogP contribution in [0.4, 0.5) is 22.0 Å². The summed E-state index contributed by atoms with van der Waals surface area (Å²) in [6.45, 7) is 7.28. The lowest BCUT2D eigenvalue weighted by molar-refractivity contribution is -0.383. The van der Waals surface area contributed by atoms with Gasteiger partial charge in [0.05, 0.1) is 30.4 Å². The molecule has 1 aliphatic rings. The van der Waals surface area contributed by atoms with Crippen molar-refractivity contribution in [3.8, 4) is 17.1 Å². The summed E-state index contributed by atoms with van der Waals surface area (Å²) in [5.41, 5.74) is 9.09. The van der Waals surface area contributed by atoms with E-state index in [1.165, 1.54) is 29.4 Å². The number of pyridine rings is 2. The average Bonchev–Trinajstić information content (AvgIpc) is 3.45. The average molecular weight is 549 g/mol. The molecule has 0 atom stereocenters. The van der Waals surface area contributed by atoms with E-state index in [2.05, 4.69) is 27.0 Å². The molecule has 1 fully saturated rings. The fraction of sp³-hybridized carbons (Fsp3) is 0.414. The van der Waals surface area contributed by atoms with Gasteiger partial charge in [-0.3, -0.25) is 24.9 Å². The maximum atomic E-state index is 13.0. The fourth-order valence-electron chi connectivity index (χ4n) is 4.66. The summed E-state index contributed by atoms with van der Waals surface area (Å²) in [6, 6.07) is 13.4. The van der Waals surface area contributed by atoms with Gasteiger partial charge < -0.3 is 15.2 Å². The van der Waals surface area contributed by atoms with E-state index in [1.54, 1.807) is 13.1 Å². The van der Waals surface area contributed by atoms with E-state index in [-0.39, 0.29) is 30.5 Å². The lowest BCUT2D eigenvalue weighted by atomic mass is 10.1. The molecule has 0 radical (unpaired) electrons. The van der Waals surface area contributed by atoms with Gasteiger partial charge in [-0.05, 0) is 62.5 Å². The zero-order valence-corrected chi connectivity index (χ0v) is 23.0. The molecule has 1 aliphatic heterocycles. The highest BCUT2D eigenvalue weighted by Gasteiger charge is 2.30. The summed E-state index contributed by atoms with van der Waals surface area (Å²) in [5, 5.41) is 11.9. The first-order chi connectivity index (χ1) is 19.4. The second kappa shape index (κ2) is 13.7. The number of hydrogen-bond donors (Lipinski definition) is 1. The first kappa shape index (κ1) is 28.8. The van der Waals surface area contributed by atoms with E-state index in [0.717, 1.165) is 43.7 Å². The number of amides is 1. The molecule has 1 saturated heterocycles. The van der Waals surface area contributed by atoms with Gasteiger partial charge in [0, 0.05) is 24.4 Å². The van der Waals surface area contributed by atoms with E-state index in [1.807, 2.05) is 31.2 Å². The van der Waals surface area contributed by atoms with E-state index in [9.17, 15) is 14.9 Å². The Kier molecular flexibility index (Phi) is 9.85. The SMILES string of the molecule is CCCCOc1cc(N(Cc2ccc(-c3cccc(CN4CCCC4)c3)nc2)C(=O)OCC)c([N+](=O)[O-])c(N)n1. The van der Waals surface area contributed by atoms with E-state index < -0.39 is 16.7 Å². The highest BCUT2D eigenvalue weighted by Crippen LogP contribution is 2.37. The lowest BCUT2D eigenvalue weighted by Gasteiger charge is -2.22. The highest BCUT2D eigenvalue weighted by atomic mass is 16.6. The summed E-state index contributed by atoms with van der Waals surface area (Å²) in [4.78, 5) is 36.6. The molecule has 2 N–H and O–H groups in total. The van der Waals surface area contributed by atoms with Crippen LogP contribution in [0.2, 0.25) is 0 Å². The second-order valence-electron chi connectivity index (χ2n) is 9.69. The number of nitrogens with two attached hydrogens (primary N) is 1. The Morgan fingerprint density at radius 1 is 1.15 bits per heavy atom. The molecule has 212 valence electrons. The Hall–Kier alpha value is -4.25. The number of unbranched alkanes of at least 4 members (excludes halogenated alkanes) is 1. The van der Waals surface area contributed by atoms with Crippen LogP contribution in [-0.4, -0.2) is 52.2 Å². The standard InChI is InChI=1S/C29H36N6O5/c1-3-5-15-40-26-17-25(27(35(37)38)28(30)32-26)34(29(36)39-4-2)20-22-11-12-24(31-18-22)23-10-8-9-21(16-23)19-33-13-6-7-14-33/h8-12,16-18H,3-7,13-15,19-20H2,1-2H3,(H2,30,32). The molecule has 0 saturated carbocycles. The molecule has 1 aromatic carbocycles. The number of nitrogen functional groups attached to an aromatic ring is 1. The minimum absolute atomic E-state index is 0.0280. The number of rotatable bonds is 12. The van der Waals surface area contributed by atoms with Crippen LogP contribution in [0.3, 0.4) is 0 Å². The van der Waals surface area contributed by atoms with Crippen molar-refractivity contribution < 1.29 is 19.2 Å². The zero-order chi connectivity index (χ0) is 28.5. The van der Waals surface area contributed by atoms with Crippen molar-refractivity contribution in [3.63, 3.8) is 0 Å². The Morgan fingerprint density at radius 3 is 2.62 bits per heavy atom. The quantitative estimate of drug-likeness (QED) is 0.175. The predicted octanol–water partition coefficient (Wildman–Crippen LogP) is 5.57. The Morgan fingerprint density at radius 2 is 1.95 bits per heavy atom. The maximum absolute atomic E-state index is 13.0. The summed E-state index contributed by atoms with van der Waals surface area (Å²) < 4.78 is 10.9. The number of anilines is 2. The van der Waals surface area contributed by atoms with Crippen molar-refractivity contribution >= 4 is 23.3 Å². The Bertz CT molecular complexity index is 1310.